The van der Waals surface area contributed by atoms with Crippen molar-refractivity contribution in [2.45, 2.75) is 105 Å². The molecule has 3 aliphatic heterocycles. The highest BCUT2D eigenvalue weighted by molar-refractivity contribution is 5.82. The lowest BCUT2D eigenvalue weighted by atomic mass is 9.96. The van der Waals surface area contributed by atoms with E-state index < -0.39 is 136 Å². The van der Waals surface area contributed by atoms with E-state index >= 15 is 0 Å². The van der Waals surface area contributed by atoms with Crippen LogP contribution in [-0.2, 0) is 38.0 Å². The fourth-order valence-electron chi connectivity index (χ4n) is 4.75. The lowest BCUT2D eigenvalue weighted by Crippen LogP contribution is -2.67. The number of aliphatic carboxylic acids is 1. The van der Waals surface area contributed by atoms with Gasteiger partial charge in [0.05, 0.1) is 26.2 Å². The number of carbonyl (C=O) groups excluding carboxylic acids is 1. The molecular weight excluding hydrogens is 582 g/mol. The molecule has 0 aromatic rings. The summed E-state index contributed by atoms with van der Waals surface area (Å²) in [6.45, 7) is -2.63. The number of rotatable bonds is 12. The summed E-state index contributed by atoms with van der Waals surface area (Å²) >= 11 is 0. The smallest absolute Gasteiger partial charge is 0.333 e. The Balaban J connectivity index is 1.82. The molecule has 3 aliphatic rings. The third-order valence-corrected chi connectivity index (χ3v) is 7.05. The predicted octanol–water partition coefficient (Wildman–Crippen LogP) is -8.22. The van der Waals surface area contributed by atoms with Crippen molar-refractivity contribution in [2.75, 3.05) is 19.8 Å². The van der Waals surface area contributed by atoms with Gasteiger partial charge in [0.2, 0.25) is 5.91 Å². The Kier molecular flexibility index (Phi) is 12.3. The summed E-state index contributed by atoms with van der Waals surface area (Å²) in [5.41, 5.74) is 5.05. The third-order valence-electron chi connectivity index (χ3n) is 7.05. The number of nitrogens with two attached hydrogens (primary N) is 1. The Bertz CT molecular complexity index is 894. The van der Waals surface area contributed by atoms with Crippen LogP contribution < -0.4 is 5.73 Å². The van der Waals surface area contributed by atoms with Crippen LogP contribution in [0, 0.1) is 0 Å². The van der Waals surface area contributed by atoms with Crippen LogP contribution in [0.15, 0.2) is 0 Å². The van der Waals surface area contributed by atoms with Crippen LogP contribution >= 0.6 is 0 Å². The SMILES string of the molecule is NC(=O)CC(OC1C(OC2C(CO)OC(OC3C(CO)OC(O)C(O)C3O)C(O)C2O)OC(CO)C(O)C1O)C(=O)O. The van der Waals surface area contributed by atoms with E-state index in [9.17, 15) is 65.8 Å². The van der Waals surface area contributed by atoms with E-state index in [-0.39, 0.29) is 0 Å². The van der Waals surface area contributed by atoms with Crippen LogP contribution in [0.3, 0.4) is 0 Å². The largest absolute Gasteiger partial charge is 0.479 e. The van der Waals surface area contributed by atoms with Gasteiger partial charge in [-0.3, -0.25) is 4.79 Å². The highest BCUT2D eigenvalue weighted by Crippen LogP contribution is 2.33. The first-order valence-corrected chi connectivity index (χ1v) is 12.8. The molecule has 0 aromatic carbocycles. The molecule has 244 valence electrons. The Morgan fingerprint density at radius 3 is 1.64 bits per heavy atom. The van der Waals surface area contributed by atoms with Gasteiger partial charge in [0.1, 0.15) is 73.2 Å². The second-order valence-electron chi connectivity index (χ2n) is 9.94. The standard InChI is InChI=1S/C22H37NO19/c23-9(27)1-5(19(34)35)37-18-11(29)10(28)6(2-24)39-22(18)42-17-8(4-26)40-21(15(33)13(17)31)41-16-7(3-25)38-20(36)14(32)12(16)30/h5-8,10-18,20-22,24-26,28-33,36H,1-4H2,(H2,23,27)(H,34,35). The van der Waals surface area contributed by atoms with Gasteiger partial charge >= 0.3 is 5.97 Å². The van der Waals surface area contributed by atoms with Crippen molar-refractivity contribution < 1.29 is 94.2 Å². The fraction of sp³-hybridized carbons (Fsp3) is 0.909. The molecule has 20 nitrogen and oxygen atoms in total. The van der Waals surface area contributed by atoms with E-state index in [1.807, 2.05) is 0 Å². The highest BCUT2D eigenvalue weighted by atomic mass is 16.8. The molecule has 0 radical (unpaired) electrons. The van der Waals surface area contributed by atoms with Crippen LogP contribution in [0.4, 0.5) is 0 Å². The summed E-state index contributed by atoms with van der Waals surface area (Å²) in [7, 11) is 0. The van der Waals surface area contributed by atoms with Gasteiger partial charge in [-0.15, -0.1) is 0 Å². The number of hydrogen-bond donors (Lipinski definition) is 12. The minimum atomic E-state index is -2.04. The molecule has 20 heteroatoms. The molecular formula is C22H37NO19. The van der Waals surface area contributed by atoms with Gasteiger partial charge in [-0.25, -0.2) is 4.79 Å². The maximum atomic E-state index is 11.6. The van der Waals surface area contributed by atoms with E-state index in [1.165, 1.54) is 0 Å². The molecule has 42 heavy (non-hydrogen) atoms. The monoisotopic (exact) mass is 619 g/mol. The first kappa shape index (κ1) is 34.8. The number of hydrogen-bond acceptors (Lipinski definition) is 18. The quantitative estimate of drug-likeness (QED) is 0.0964. The Morgan fingerprint density at radius 2 is 1.12 bits per heavy atom. The topological polar surface area (TPSA) is 338 Å². The molecule has 0 spiro atoms. The molecule has 3 heterocycles. The minimum Gasteiger partial charge on any atom is -0.479 e. The van der Waals surface area contributed by atoms with Gasteiger partial charge in [-0.05, 0) is 0 Å². The zero-order valence-corrected chi connectivity index (χ0v) is 21.8. The summed E-state index contributed by atoms with van der Waals surface area (Å²) in [6, 6.07) is 0. The molecule has 16 unspecified atom stereocenters. The van der Waals surface area contributed by atoms with Gasteiger partial charge in [-0.2, -0.15) is 0 Å². The summed E-state index contributed by atoms with van der Waals surface area (Å²) in [4.78, 5) is 22.9. The molecule has 3 rings (SSSR count). The molecule has 1 amide bonds. The lowest BCUT2D eigenvalue weighted by molar-refractivity contribution is -0.380. The zero-order valence-electron chi connectivity index (χ0n) is 21.8. The number of ether oxygens (including phenoxy) is 6. The molecule has 0 bridgehead atoms. The molecule has 16 atom stereocenters. The van der Waals surface area contributed by atoms with Crippen molar-refractivity contribution in [1.29, 1.82) is 0 Å². The molecule has 0 aliphatic carbocycles. The normalized spacial score (nSPS) is 45.3. The van der Waals surface area contributed by atoms with Crippen molar-refractivity contribution in [1.82, 2.24) is 0 Å². The zero-order chi connectivity index (χ0) is 31.5. The average Bonchev–Trinajstić information content (AvgIpc) is 2.95. The maximum absolute atomic E-state index is 11.6. The van der Waals surface area contributed by atoms with Gasteiger partial charge in [-0.1, -0.05) is 0 Å². The van der Waals surface area contributed by atoms with Crippen LogP contribution in [0.5, 0.6) is 0 Å². The van der Waals surface area contributed by atoms with Crippen LogP contribution in [0.1, 0.15) is 6.42 Å². The van der Waals surface area contributed by atoms with Crippen LogP contribution in [0.25, 0.3) is 0 Å². The summed E-state index contributed by atoms with van der Waals surface area (Å²) in [6.07, 6.45) is -29.9. The maximum Gasteiger partial charge on any atom is 0.333 e. The Hall–Kier alpha value is -1.70. The second kappa shape index (κ2) is 14.9. The average molecular weight is 620 g/mol. The number of amides is 1. The second-order valence-corrected chi connectivity index (χ2v) is 9.94. The fourth-order valence-corrected chi connectivity index (χ4v) is 4.75. The molecule has 3 saturated heterocycles. The highest BCUT2D eigenvalue weighted by Gasteiger charge is 2.54. The Labute approximate surface area is 236 Å². The summed E-state index contributed by atoms with van der Waals surface area (Å²) in [5.74, 6) is -2.78. The predicted molar refractivity (Wildman–Crippen MR) is 125 cm³/mol. The van der Waals surface area contributed by atoms with E-state index in [4.69, 9.17) is 34.2 Å². The van der Waals surface area contributed by atoms with E-state index in [2.05, 4.69) is 0 Å². The van der Waals surface area contributed by atoms with E-state index in [0.29, 0.717) is 0 Å². The van der Waals surface area contributed by atoms with E-state index in [0.717, 1.165) is 0 Å². The van der Waals surface area contributed by atoms with Crippen molar-refractivity contribution in [3.8, 4) is 0 Å². The number of aliphatic hydroxyl groups is 10. The van der Waals surface area contributed by atoms with Gasteiger partial charge < -0.3 is 90.3 Å². The first-order valence-electron chi connectivity index (χ1n) is 12.8. The van der Waals surface area contributed by atoms with Gasteiger partial charge in [0, 0.05) is 0 Å². The summed E-state index contributed by atoms with van der Waals surface area (Å²) < 4.78 is 32.2. The number of carboxylic acid groups (broad SMARTS) is 1. The van der Waals surface area contributed by atoms with Crippen LogP contribution in [-0.4, -0.2) is 186 Å². The number of aliphatic hydroxyl groups excluding tert-OH is 10. The van der Waals surface area contributed by atoms with Crippen molar-refractivity contribution in [3.63, 3.8) is 0 Å². The van der Waals surface area contributed by atoms with Gasteiger partial charge in [0.25, 0.3) is 0 Å². The molecule has 13 N–H and O–H groups in total. The third kappa shape index (κ3) is 7.50. The minimum absolute atomic E-state index is 0.820. The summed E-state index contributed by atoms with van der Waals surface area (Å²) in [5, 5.41) is 111. The van der Waals surface area contributed by atoms with Gasteiger partial charge in [0.15, 0.2) is 25.0 Å². The lowest BCUT2D eigenvalue weighted by Gasteiger charge is -2.48. The van der Waals surface area contributed by atoms with Crippen molar-refractivity contribution in [3.05, 3.63) is 0 Å². The first-order chi connectivity index (χ1) is 19.7. The van der Waals surface area contributed by atoms with Crippen molar-refractivity contribution >= 4 is 11.9 Å². The molecule has 0 saturated carbocycles. The number of primary amides is 1. The Morgan fingerprint density at radius 1 is 0.643 bits per heavy atom. The van der Waals surface area contributed by atoms with E-state index in [1.54, 1.807) is 0 Å². The number of carboxylic acids is 1. The number of carbonyl (C=O) groups is 2. The van der Waals surface area contributed by atoms with Crippen LogP contribution in [0.2, 0.25) is 0 Å². The molecule has 3 fully saturated rings. The molecule has 0 aromatic heterocycles. The van der Waals surface area contributed by atoms with Crippen molar-refractivity contribution in [2.24, 2.45) is 5.73 Å².